The van der Waals surface area contributed by atoms with E-state index in [0.717, 1.165) is 21.6 Å². The second kappa shape index (κ2) is 4.52. The third kappa shape index (κ3) is 2.20. The Bertz CT molecular complexity index is 536. The van der Waals surface area contributed by atoms with E-state index in [1.54, 1.807) is 0 Å². The predicted molar refractivity (Wildman–Crippen MR) is 65.3 cm³/mol. The van der Waals surface area contributed by atoms with Gasteiger partial charge in [0.15, 0.2) is 6.04 Å². The number of carbonyl (C=O) groups is 2. The van der Waals surface area contributed by atoms with E-state index < -0.39 is 18.1 Å². The van der Waals surface area contributed by atoms with E-state index in [0.29, 0.717) is 0 Å². The maximum absolute atomic E-state index is 11.0. The Labute approximate surface area is 104 Å². The molecule has 0 spiro atoms. The second-order valence-corrected chi connectivity index (χ2v) is 4.25. The van der Waals surface area contributed by atoms with Crippen molar-refractivity contribution in [3.05, 3.63) is 41.5 Å². The molecule has 1 aromatic carbocycles. The summed E-state index contributed by atoms with van der Waals surface area (Å²) in [6.45, 7) is 2.04. The van der Waals surface area contributed by atoms with Gasteiger partial charge in [-0.25, -0.2) is 9.59 Å². The number of nitrogens with zero attached hydrogens (tertiary/aromatic N) is 1. The second-order valence-electron chi connectivity index (χ2n) is 4.25. The van der Waals surface area contributed by atoms with Crippen LogP contribution in [0.3, 0.4) is 0 Å². The lowest BCUT2D eigenvalue weighted by Gasteiger charge is -2.17. The molecule has 2 rings (SSSR count). The van der Waals surface area contributed by atoms with Gasteiger partial charge in [0.25, 0.3) is 0 Å². The Morgan fingerprint density at radius 2 is 2.06 bits per heavy atom. The molecule has 94 valence electrons. The van der Waals surface area contributed by atoms with Gasteiger partial charge < -0.3 is 10.2 Å². The molecule has 1 heterocycles. The number of carboxylic acid groups (broad SMARTS) is 2. The number of hydrogen-bond donors (Lipinski definition) is 2. The van der Waals surface area contributed by atoms with Crippen LogP contribution in [0.25, 0.3) is 5.57 Å². The van der Waals surface area contributed by atoms with Gasteiger partial charge in [0.2, 0.25) is 0 Å². The van der Waals surface area contributed by atoms with Gasteiger partial charge in [0.1, 0.15) is 0 Å². The molecule has 0 aliphatic carbocycles. The van der Waals surface area contributed by atoms with Gasteiger partial charge in [-0.05, 0) is 24.1 Å². The minimum absolute atomic E-state index is 0.107. The normalized spacial score (nSPS) is 18.6. The monoisotopic (exact) mass is 247 g/mol. The maximum atomic E-state index is 11.0. The summed E-state index contributed by atoms with van der Waals surface area (Å²) < 4.78 is 0. The summed E-state index contributed by atoms with van der Waals surface area (Å²) in [5.41, 5.74) is 2.65. The Kier molecular flexibility index (Phi) is 3.06. The van der Waals surface area contributed by atoms with Crippen LogP contribution in [0.5, 0.6) is 0 Å². The lowest BCUT2D eigenvalue weighted by Crippen LogP contribution is -2.40. The summed E-state index contributed by atoms with van der Waals surface area (Å²) in [4.78, 5) is 22.9. The summed E-state index contributed by atoms with van der Waals surface area (Å²) >= 11 is 0. The molecular formula is C13H13NO4. The minimum atomic E-state index is -1.22. The van der Waals surface area contributed by atoms with E-state index >= 15 is 0 Å². The van der Waals surface area contributed by atoms with E-state index in [2.05, 4.69) is 0 Å². The van der Waals surface area contributed by atoms with Crippen LogP contribution < -0.4 is 0 Å². The molecule has 1 aliphatic rings. The van der Waals surface area contributed by atoms with Gasteiger partial charge >= 0.3 is 12.1 Å². The van der Waals surface area contributed by atoms with Crippen molar-refractivity contribution in [3.8, 4) is 0 Å². The zero-order valence-electron chi connectivity index (χ0n) is 9.83. The largest absolute Gasteiger partial charge is 0.479 e. The fourth-order valence-electron chi connectivity index (χ4n) is 2.04. The molecule has 0 saturated carbocycles. The van der Waals surface area contributed by atoms with Crippen molar-refractivity contribution in [2.24, 2.45) is 0 Å². The first-order chi connectivity index (χ1) is 8.49. The third-order valence-electron chi connectivity index (χ3n) is 2.92. The maximum Gasteiger partial charge on any atom is 0.408 e. The van der Waals surface area contributed by atoms with Gasteiger partial charge in [-0.2, -0.15) is 0 Å². The summed E-state index contributed by atoms with van der Waals surface area (Å²) in [6, 6.07) is 6.46. The number of hydrogen-bond acceptors (Lipinski definition) is 2. The summed E-state index contributed by atoms with van der Waals surface area (Å²) in [6.07, 6.45) is 0.270. The first-order valence-corrected chi connectivity index (χ1v) is 5.49. The minimum Gasteiger partial charge on any atom is -0.479 e. The van der Waals surface area contributed by atoms with Crippen LogP contribution in [0.4, 0.5) is 4.79 Å². The van der Waals surface area contributed by atoms with Gasteiger partial charge in [-0.1, -0.05) is 29.8 Å². The molecule has 1 atom stereocenters. The molecule has 1 aromatic rings. The molecule has 0 aromatic heterocycles. The topological polar surface area (TPSA) is 77.8 Å². The van der Waals surface area contributed by atoms with Crippen LogP contribution in [0, 0.1) is 6.92 Å². The standard InChI is InChI=1S/C13H13NO4/c1-8-3-2-4-9(5-8)10-6-11(12(15)16)14(7-10)13(17)18/h2-6,11H,7H2,1H3,(H,15,16)(H,17,18)/t11-/m1/s1. The van der Waals surface area contributed by atoms with Crippen molar-refractivity contribution in [3.63, 3.8) is 0 Å². The fourth-order valence-corrected chi connectivity index (χ4v) is 2.04. The SMILES string of the molecule is Cc1cccc(C2=C[C@H](C(=O)O)N(C(=O)O)C2)c1. The van der Waals surface area contributed by atoms with Gasteiger partial charge in [-0.15, -0.1) is 0 Å². The van der Waals surface area contributed by atoms with Crippen LogP contribution in [0.1, 0.15) is 11.1 Å². The number of carboxylic acids is 1. The van der Waals surface area contributed by atoms with Crippen LogP contribution in [-0.4, -0.2) is 39.8 Å². The first-order valence-electron chi connectivity index (χ1n) is 5.49. The molecule has 2 N–H and O–H groups in total. The predicted octanol–water partition coefficient (Wildman–Crippen LogP) is 1.83. The average Bonchev–Trinajstić information content (AvgIpc) is 2.73. The molecule has 0 unspecified atom stereocenters. The zero-order valence-corrected chi connectivity index (χ0v) is 9.83. The third-order valence-corrected chi connectivity index (χ3v) is 2.92. The average molecular weight is 247 g/mol. The van der Waals surface area contributed by atoms with Crippen molar-refractivity contribution in [1.82, 2.24) is 4.90 Å². The number of rotatable bonds is 2. The number of aliphatic carboxylic acids is 1. The smallest absolute Gasteiger partial charge is 0.408 e. The molecule has 0 fully saturated rings. The highest BCUT2D eigenvalue weighted by atomic mass is 16.4. The van der Waals surface area contributed by atoms with E-state index in [-0.39, 0.29) is 6.54 Å². The van der Waals surface area contributed by atoms with Crippen LogP contribution in [-0.2, 0) is 4.79 Å². The molecule has 0 saturated heterocycles. The van der Waals surface area contributed by atoms with Gasteiger partial charge in [0, 0.05) is 0 Å². The molecule has 1 aliphatic heterocycles. The molecule has 0 bridgehead atoms. The highest BCUT2D eigenvalue weighted by Crippen LogP contribution is 2.25. The van der Waals surface area contributed by atoms with Crippen LogP contribution in [0.15, 0.2) is 30.3 Å². The Balaban J connectivity index is 2.34. The Hall–Kier alpha value is -2.30. The Morgan fingerprint density at radius 1 is 1.33 bits per heavy atom. The summed E-state index contributed by atoms with van der Waals surface area (Å²) in [5.74, 6) is -1.15. The van der Waals surface area contributed by atoms with Crippen molar-refractivity contribution in [2.75, 3.05) is 6.54 Å². The van der Waals surface area contributed by atoms with Crippen molar-refractivity contribution >= 4 is 17.6 Å². The molecular weight excluding hydrogens is 234 g/mol. The highest BCUT2D eigenvalue weighted by molar-refractivity contribution is 5.88. The highest BCUT2D eigenvalue weighted by Gasteiger charge is 2.34. The van der Waals surface area contributed by atoms with Crippen molar-refractivity contribution < 1.29 is 19.8 Å². The molecule has 5 heteroatoms. The first kappa shape index (κ1) is 12.2. The van der Waals surface area contributed by atoms with E-state index in [1.807, 2.05) is 31.2 Å². The lowest BCUT2D eigenvalue weighted by atomic mass is 10.0. The fraction of sp³-hybridized carbons (Fsp3) is 0.231. The lowest BCUT2D eigenvalue weighted by molar-refractivity contribution is -0.140. The summed E-state index contributed by atoms with van der Waals surface area (Å²) in [7, 11) is 0. The molecule has 0 radical (unpaired) electrons. The number of aryl methyl sites for hydroxylation is 1. The zero-order chi connectivity index (χ0) is 13.3. The molecule has 5 nitrogen and oxygen atoms in total. The molecule has 1 amide bonds. The molecule has 18 heavy (non-hydrogen) atoms. The van der Waals surface area contributed by atoms with Gasteiger partial charge in [-0.3, -0.25) is 4.90 Å². The Morgan fingerprint density at radius 3 is 2.56 bits per heavy atom. The van der Waals surface area contributed by atoms with E-state index in [9.17, 15) is 9.59 Å². The van der Waals surface area contributed by atoms with Crippen molar-refractivity contribution in [2.45, 2.75) is 13.0 Å². The van der Waals surface area contributed by atoms with Crippen LogP contribution >= 0.6 is 0 Å². The van der Waals surface area contributed by atoms with Crippen LogP contribution in [0.2, 0.25) is 0 Å². The number of amides is 1. The van der Waals surface area contributed by atoms with Crippen molar-refractivity contribution in [1.29, 1.82) is 0 Å². The summed E-state index contributed by atoms with van der Waals surface area (Å²) in [5, 5.41) is 18.0. The number of benzene rings is 1. The van der Waals surface area contributed by atoms with Gasteiger partial charge in [0.05, 0.1) is 6.54 Å². The van der Waals surface area contributed by atoms with E-state index in [4.69, 9.17) is 10.2 Å². The quantitative estimate of drug-likeness (QED) is 0.835. The van der Waals surface area contributed by atoms with E-state index in [1.165, 1.54) is 6.08 Å².